The van der Waals surface area contributed by atoms with Crippen LogP contribution in [0.1, 0.15) is 0 Å². The molecule has 0 bridgehead atoms. The Morgan fingerprint density at radius 1 is 1.31 bits per heavy atom. The minimum absolute atomic E-state index is 0. The van der Waals surface area contributed by atoms with Crippen LogP contribution in [0.5, 0.6) is 0 Å². The van der Waals surface area contributed by atoms with Crippen LogP contribution in [-0.4, -0.2) is 16.6 Å². The number of halogens is 3. The number of carbonyl (C=O) groups is 1. The van der Waals surface area contributed by atoms with Gasteiger partial charge in [-0.2, -0.15) is 0 Å². The van der Waals surface area contributed by atoms with Gasteiger partial charge in [-0.25, -0.2) is 4.39 Å². The number of benzene rings is 1. The van der Waals surface area contributed by atoms with Crippen LogP contribution in [0.2, 0.25) is 0 Å². The molecule has 0 atom stereocenters. The van der Waals surface area contributed by atoms with E-state index in [-0.39, 0.29) is 17.2 Å². The Morgan fingerprint density at radius 2 is 1.69 bits per heavy atom. The first-order chi connectivity index (χ1) is 5.66. The second-order valence-corrected chi connectivity index (χ2v) is 2.47. The van der Waals surface area contributed by atoms with Crippen LogP contribution in [0.3, 0.4) is 0 Å². The Labute approximate surface area is 85.6 Å². The molecule has 0 aliphatic heterocycles. The molecule has 0 radical (unpaired) electrons. The fraction of sp³-hybridized carbons (Fsp3) is 0.125. The molecule has 0 aromatic heterocycles. The van der Waals surface area contributed by atoms with Crippen molar-refractivity contribution in [3.63, 3.8) is 0 Å². The highest BCUT2D eigenvalue weighted by Crippen LogP contribution is 1.91. The van der Waals surface area contributed by atoms with Gasteiger partial charge in [0.25, 0.3) is 0 Å². The molecule has 0 amide bonds. The summed E-state index contributed by atoms with van der Waals surface area (Å²) in [4.78, 5) is 9.45. The SMILES string of the molecule is Fc1ccccc1.O.O=C(Cl)CCl. The zero-order valence-electron chi connectivity index (χ0n) is 6.64. The van der Waals surface area contributed by atoms with Gasteiger partial charge in [0.2, 0.25) is 5.24 Å². The van der Waals surface area contributed by atoms with Crippen LogP contribution in [0.4, 0.5) is 4.39 Å². The maximum atomic E-state index is 11.9. The molecule has 2 nitrogen and oxygen atoms in total. The average molecular weight is 227 g/mol. The molecule has 1 rings (SSSR count). The van der Waals surface area contributed by atoms with Gasteiger partial charge in [0, 0.05) is 0 Å². The van der Waals surface area contributed by atoms with Gasteiger partial charge in [-0.3, -0.25) is 4.79 Å². The molecule has 1 aromatic rings. The molecule has 0 saturated heterocycles. The summed E-state index contributed by atoms with van der Waals surface area (Å²) in [7, 11) is 0. The molecular weight excluding hydrogens is 218 g/mol. The van der Waals surface area contributed by atoms with E-state index >= 15 is 0 Å². The van der Waals surface area contributed by atoms with E-state index in [9.17, 15) is 9.18 Å². The van der Waals surface area contributed by atoms with E-state index in [0.717, 1.165) is 0 Å². The zero-order valence-corrected chi connectivity index (χ0v) is 8.15. The topological polar surface area (TPSA) is 48.6 Å². The van der Waals surface area contributed by atoms with Gasteiger partial charge < -0.3 is 5.48 Å². The van der Waals surface area contributed by atoms with Crippen molar-refractivity contribution in [2.75, 3.05) is 5.88 Å². The molecule has 0 unspecified atom stereocenters. The third-order valence-corrected chi connectivity index (χ3v) is 1.35. The van der Waals surface area contributed by atoms with Gasteiger partial charge in [0.1, 0.15) is 5.82 Å². The zero-order chi connectivity index (χ0) is 9.40. The van der Waals surface area contributed by atoms with Crippen LogP contribution in [0, 0.1) is 5.82 Å². The molecule has 13 heavy (non-hydrogen) atoms. The lowest BCUT2D eigenvalue weighted by molar-refractivity contribution is -0.109. The average Bonchev–Trinajstić information content (AvgIpc) is 2.07. The largest absolute Gasteiger partial charge is 0.412 e. The van der Waals surface area contributed by atoms with Crippen molar-refractivity contribution in [3.8, 4) is 0 Å². The lowest BCUT2D eigenvalue weighted by Crippen LogP contribution is -1.81. The summed E-state index contributed by atoms with van der Waals surface area (Å²) in [5, 5.41) is -0.508. The van der Waals surface area contributed by atoms with Gasteiger partial charge in [-0.1, -0.05) is 18.2 Å². The van der Waals surface area contributed by atoms with E-state index < -0.39 is 5.24 Å². The fourth-order valence-corrected chi connectivity index (χ4v) is 0.415. The molecule has 0 aliphatic rings. The summed E-state index contributed by atoms with van der Waals surface area (Å²) in [5.41, 5.74) is 0. The summed E-state index contributed by atoms with van der Waals surface area (Å²) < 4.78 is 11.9. The van der Waals surface area contributed by atoms with E-state index in [0.29, 0.717) is 0 Å². The predicted molar refractivity (Wildman–Crippen MR) is 51.6 cm³/mol. The molecule has 0 heterocycles. The van der Waals surface area contributed by atoms with Crippen molar-refractivity contribution < 1.29 is 14.7 Å². The van der Waals surface area contributed by atoms with Gasteiger partial charge in [-0.15, -0.1) is 11.6 Å². The molecule has 5 heteroatoms. The minimum Gasteiger partial charge on any atom is -0.412 e. The number of hydrogen-bond donors (Lipinski definition) is 0. The quantitative estimate of drug-likeness (QED) is 0.534. The summed E-state index contributed by atoms with van der Waals surface area (Å²) in [6, 6.07) is 7.94. The molecule has 74 valence electrons. The lowest BCUT2D eigenvalue weighted by Gasteiger charge is -1.78. The van der Waals surface area contributed by atoms with Crippen molar-refractivity contribution in [2.24, 2.45) is 0 Å². The first-order valence-corrected chi connectivity index (χ1v) is 4.03. The molecule has 0 aliphatic carbocycles. The van der Waals surface area contributed by atoms with E-state index in [4.69, 9.17) is 23.2 Å². The van der Waals surface area contributed by atoms with E-state index in [1.807, 2.05) is 0 Å². The number of hydrogen-bond acceptors (Lipinski definition) is 1. The third-order valence-electron chi connectivity index (χ3n) is 0.838. The summed E-state index contributed by atoms with van der Waals surface area (Å²) in [6.07, 6.45) is 0. The smallest absolute Gasteiger partial charge is 0.236 e. The Kier molecular flexibility index (Phi) is 10.8. The summed E-state index contributed by atoms with van der Waals surface area (Å²) in [6.45, 7) is 0. The monoisotopic (exact) mass is 226 g/mol. The lowest BCUT2D eigenvalue weighted by atomic mass is 10.4. The number of alkyl halides is 1. The van der Waals surface area contributed by atoms with E-state index in [1.165, 1.54) is 12.1 Å². The van der Waals surface area contributed by atoms with Gasteiger partial charge in [0.05, 0.1) is 5.88 Å². The fourth-order valence-electron chi connectivity index (χ4n) is 0.415. The Bertz CT molecular complexity index is 229. The van der Waals surface area contributed by atoms with Crippen molar-refractivity contribution in [3.05, 3.63) is 36.1 Å². The van der Waals surface area contributed by atoms with Crippen LogP contribution in [-0.2, 0) is 4.79 Å². The summed E-state index contributed by atoms with van der Waals surface area (Å²) in [5.74, 6) is -0.274. The number of carbonyl (C=O) groups excluding carboxylic acids is 1. The van der Waals surface area contributed by atoms with Crippen molar-refractivity contribution in [2.45, 2.75) is 0 Å². The highest BCUT2D eigenvalue weighted by Gasteiger charge is 1.83. The Morgan fingerprint density at radius 3 is 1.85 bits per heavy atom. The minimum atomic E-state index is -0.508. The van der Waals surface area contributed by atoms with Gasteiger partial charge in [0.15, 0.2) is 0 Å². The van der Waals surface area contributed by atoms with Crippen molar-refractivity contribution >= 4 is 28.4 Å². The molecule has 2 N–H and O–H groups in total. The van der Waals surface area contributed by atoms with Crippen LogP contribution < -0.4 is 0 Å². The second-order valence-electron chi connectivity index (χ2n) is 1.78. The summed E-state index contributed by atoms with van der Waals surface area (Å²) >= 11 is 9.55. The maximum Gasteiger partial charge on any atom is 0.236 e. The first kappa shape index (κ1) is 14.9. The molecule has 1 aromatic carbocycles. The Balaban J connectivity index is 0. The van der Waals surface area contributed by atoms with Gasteiger partial charge in [-0.05, 0) is 23.7 Å². The molecule has 0 saturated carbocycles. The van der Waals surface area contributed by atoms with E-state index in [2.05, 4.69) is 0 Å². The molecular formula is C8H9Cl2FO2. The normalized spacial score (nSPS) is 7.62. The second kappa shape index (κ2) is 9.45. The van der Waals surface area contributed by atoms with Crippen molar-refractivity contribution in [1.82, 2.24) is 0 Å². The maximum absolute atomic E-state index is 11.9. The van der Waals surface area contributed by atoms with Crippen LogP contribution in [0.15, 0.2) is 30.3 Å². The highest BCUT2D eigenvalue weighted by molar-refractivity contribution is 6.67. The van der Waals surface area contributed by atoms with Gasteiger partial charge >= 0.3 is 0 Å². The molecule has 0 fully saturated rings. The van der Waals surface area contributed by atoms with Crippen molar-refractivity contribution in [1.29, 1.82) is 0 Å². The standard InChI is InChI=1S/C6H5F.C2H2Cl2O.H2O/c7-6-4-2-1-3-5-6;3-1-2(4)5;/h1-5H;1H2;1H2. The highest BCUT2D eigenvalue weighted by atomic mass is 35.5. The van der Waals surface area contributed by atoms with E-state index in [1.54, 1.807) is 18.2 Å². The first-order valence-electron chi connectivity index (χ1n) is 3.11. The predicted octanol–water partition coefficient (Wildman–Crippen LogP) is 1.99. The molecule has 0 spiro atoms. The van der Waals surface area contributed by atoms with Crippen LogP contribution >= 0.6 is 23.2 Å². The Hall–Kier alpha value is -0.640. The number of rotatable bonds is 1. The van der Waals surface area contributed by atoms with Crippen LogP contribution in [0.25, 0.3) is 0 Å². The third kappa shape index (κ3) is 11.4.